The van der Waals surface area contributed by atoms with Crippen LogP contribution < -0.4 is 5.73 Å². The Balaban J connectivity index is 2.20. The van der Waals surface area contributed by atoms with Crippen LogP contribution in [0.25, 0.3) is 0 Å². The number of nitrogen functional groups attached to an aromatic ring is 1. The Morgan fingerprint density at radius 1 is 1.35 bits per heavy atom. The summed E-state index contributed by atoms with van der Waals surface area (Å²) in [6.07, 6.45) is 0. The van der Waals surface area contributed by atoms with Crippen LogP contribution in [-0.4, -0.2) is 9.91 Å². The minimum atomic E-state index is -0.577. The highest BCUT2D eigenvalue weighted by Gasteiger charge is 2.12. The van der Waals surface area contributed by atoms with Crippen molar-refractivity contribution in [2.45, 2.75) is 0 Å². The van der Waals surface area contributed by atoms with E-state index in [-0.39, 0.29) is 10.9 Å². The minimum Gasteiger partial charge on any atom is -0.397 e. The molecular weight excluding hydrogens is 242 g/mol. The SMILES string of the molecule is Nc1ccccc1/N=N/c1nc([N+](=O)[O-])cs1. The Bertz CT molecular complexity index is 580. The van der Waals surface area contributed by atoms with E-state index in [1.165, 1.54) is 5.38 Å². The summed E-state index contributed by atoms with van der Waals surface area (Å²) in [6, 6.07) is 6.94. The molecule has 0 saturated heterocycles. The van der Waals surface area contributed by atoms with Gasteiger partial charge in [0, 0.05) is 0 Å². The Morgan fingerprint density at radius 2 is 2.12 bits per heavy atom. The van der Waals surface area contributed by atoms with Gasteiger partial charge in [0.25, 0.3) is 0 Å². The number of azo groups is 1. The smallest absolute Gasteiger partial charge is 0.377 e. The van der Waals surface area contributed by atoms with Gasteiger partial charge in [0.05, 0.1) is 11.1 Å². The molecule has 2 rings (SSSR count). The van der Waals surface area contributed by atoms with Gasteiger partial charge in [0.2, 0.25) is 0 Å². The van der Waals surface area contributed by atoms with Gasteiger partial charge < -0.3 is 15.8 Å². The molecule has 0 atom stereocenters. The lowest BCUT2D eigenvalue weighted by molar-refractivity contribution is -0.389. The lowest BCUT2D eigenvalue weighted by Crippen LogP contribution is -1.85. The van der Waals surface area contributed by atoms with E-state index in [0.29, 0.717) is 11.4 Å². The topological polar surface area (TPSA) is 107 Å². The highest BCUT2D eigenvalue weighted by atomic mass is 32.1. The molecule has 8 heteroatoms. The molecule has 1 aromatic carbocycles. The average molecular weight is 249 g/mol. The monoisotopic (exact) mass is 249 g/mol. The van der Waals surface area contributed by atoms with Gasteiger partial charge in [-0.05, 0) is 22.0 Å². The second-order valence-corrected chi connectivity index (χ2v) is 3.84. The van der Waals surface area contributed by atoms with Gasteiger partial charge in [-0.3, -0.25) is 0 Å². The summed E-state index contributed by atoms with van der Waals surface area (Å²) in [4.78, 5) is 13.5. The van der Waals surface area contributed by atoms with Crippen LogP contribution >= 0.6 is 11.3 Å². The van der Waals surface area contributed by atoms with Gasteiger partial charge in [-0.15, -0.1) is 5.11 Å². The molecule has 86 valence electrons. The fourth-order valence-electron chi connectivity index (χ4n) is 1.06. The lowest BCUT2D eigenvalue weighted by Gasteiger charge is -1.94. The normalized spacial score (nSPS) is 10.8. The number of para-hydroxylation sites is 1. The van der Waals surface area contributed by atoms with E-state index in [1.54, 1.807) is 24.3 Å². The molecule has 0 spiro atoms. The molecule has 0 fully saturated rings. The molecule has 7 nitrogen and oxygen atoms in total. The van der Waals surface area contributed by atoms with Crippen molar-refractivity contribution in [3.63, 3.8) is 0 Å². The van der Waals surface area contributed by atoms with Crippen LogP contribution in [0.15, 0.2) is 39.9 Å². The third-order valence-electron chi connectivity index (χ3n) is 1.85. The molecule has 0 saturated carbocycles. The van der Waals surface area contributed by atoms with Gasteiger partial charge in [-0.25, -0.2) is 0 Å². The zero-order valence-electron chi connectivity index (χ0n) is 8.48. The Morgan fingerprint density at radius 3 is 2.76 bits per heavy atom. The van der Waals surface area contributed by atoms with Crippen LogP contribution in [0, 0.1) is 10.1 Å². The number of rotatable bonds is 3. The lowest BCUT2D eigenvalue weighted by atomic mass is 10.3. The number of benzene rings is 1. The van der Waals surface area contributed by atoms with Crippen molar-refractivity contribution >= 4 is 33.7 Å². The molecule has 1 aromatic heterocycles. The number of nitro groups is 1. The summed E-state index contributed by atoms with van der Waals surface area (Å²) in [5, 5.41) is 19.6. The molecule has 0 aliphatic rings. The van der Waals surface area contributed by atoms with E-state index in [1.807, 2.05) is 0 Å². The molecule has 1 heterocycles. The standard InChI is InChI=1S/C9H7N5O2S/c10-6-3-1-2-4-7(6)12-13-9-11-8(5-17-9)14(15)16/h1-5H,10H2/b13-12+. The number of thiazole rings is 1. The second kappa shape index (κ2) is 4.66. The maximum Gasteiger partial charge on any atom is 0.377 e. The summed E-state index contributed by atoms with van der Waals surface area (Å²) in [5.74, 6) is -0.231. The summed E-state index contributed by atoms with van der Waals surface area (Å²) in [6.45, 7) is 0. The number of nitrogens with zero attached hydrogens (tertiary/aromatic N) is 4. The summed E-state index contributed by atoms with van der Waals surface area (Å²) in [7, 11) is 0. The summed E-state index contributed by atoms with van der Waals surface area (Å²) < 4.78 is 0. The predicted octanol–water partition coefficient (Wildman–Crippen LogP) is 3.05. The fourth-order valence-corrected chi connectivity index (χ4v) is 1.64. The zero-order valence-corrected chi connectivity index (χ0v) is 9.29. The molecule has 0 radical (unpaired) electrons. The number of hydrogen-bond acceptors (Lipinski definition) is 7. The van der Waals surface area contributed by atoms with Gasteiger partial charge >= 0.3 is 10.9 Å². The highest BCUT2D eigenvalue weighted by Crippen LogP contribution is 2.27. The average Bonchev–Trinajstić information content (AvgIpc) is 2.77. The molecule has 0 aliphatic heterocycles. The number of nitrogens with two attached hydrogens (primary N) is 1. The largest absolute Gasteiger partial charge is 0.397 e. The Hall–Kier alpha value is -2.35. The van der Waals surface area contributed by atoms with Gasteiger partial charge in [-0.1, -0.05) is 28.6 Å². The van der Waals surface area contributed by atoms with Crippen molar-refractivity contribution in [2.75, 3.05) is 5.73 Å². The number of hydrogen-bond donors (Lipinski definition) is 1. The molecule has 2 N–H and O–H groups in total. The van der Waals surface area contributed by atoms with Crippen LogP contribution in [-0.2, 0) is 0 Å². The Labute approximate surface area is 99.8 Å². The predicted molar refractivity (Wildman–Crippen MR) is 63.8 cm³/mol. The second-order valence-electron chi connectivity index (χ2n) is 3.00. The van der Waals surface area contributed by atoms with Crippen LogP contribution in [0.2, 0.25) is 0 Å². The number of anilines is 1. The molecule has 0 aliphatic carbocycles. The minimum absolute atomic E-state index is 0.222. The number of aromatic nitrogens is 1. The zero-order chi connectivity index (χ0) is 12.3. The van der Waals surface area contributed by atoms with E-state index in [0.717, 1.165) is 11.3 Å². The van der Waals surface area contributed by atoms with Gasteiger partial charge in [0.1, 0.15) is 5.69 Å². The van der Waals surface area contributed by atoms with E-state index >= 15 is 0 Å². The van der Waals surface area contributed by atoms with Crippen molar-refractivity contribution in [3.8, 4) is 0 Å². The first-order valence-electron chi connectivity index (χ1n) is 4.53. The van der Waals surface area contributed by atoms with Crippen molar-refractivity contribution in [3.05, 3.63) is 39.8 Å². The van der Waals surface area contributed by atoms with Crippen molar-refractivity contribution in [1.29, 1.82) is 0 Å². The van der Waals surface area contributed by atoms with Gasteiger partial charge in [0.15, 0.2) is 0 Å². The molecule has 17 heavy (non-hydrogen) atoms. The van der Waals surface area contributed by atoms with E-state index < -0.39 is 4.92 Å². The van der Waals surface area contributed by atoms with Crippen LogP contribution in [0.3, 0.4) is 0 Å². The molecule has 2 aromatic rings. The van der Waals surface area contributed by atoms with Crippen LogP contribution in [0.1, 0.15) is 0 Å². The summed E-state index contributed by atoms with van der Waals surface area (Å²) in [5.41, 5.74) is 6.65. The maximum atomic E-state index is 10.4. The maximum absolute atomic E-state index is 10.4. The van der Waals surface area contributed by atoms with Crippen molar-refractivity contribution in [1.82, 2.24) is 4.98 Å². The van der Waals surface area contributed by atoms with E-state index in [2.05, 4.69) is 15.2 Å². The van der Waals surface area contributed by atoms with Crippen molar-refractivity contribution in [2.24, 2.45) is 10.2 Å². The van der Waals surface area contributed by atoms with Crippen LogP contribution in [0.4, 0.5) is 22.3 Å². The highest BCUT2D eigenvalue weighted by molar-refractivity contribution is 7.13. The first-order chi connectivity index (χ1) is 8.16. The molecule has 0 amide bonds. The third kappa shape index (κ3) is 2.61. The van der Waals surface area contributed by atoms with Crippen LogP contribution in [0.5, 0.6) is 0 Å². The molecule has 0 unspecified atom stereocenters. The van der Waals surface area contributed by atoms with Gasteiger partial charge in [-0.2, -0.15) is 0 Å². The molecule has 0 bridgehead atoms. The van der Waals surface area contributed by atoms with Crippen molar-refractivity contribution < 1.29 is 4.92 Å². The summed E-state index contributed by atoms with van der Waals surface area (Å²) >= 11 is 1.05. The van der Waals surface area contributed by atoms with E-state index in [9.17, 15) is 10.1 Å². The van der Waals surface area contributed by atoms with E-state index in [4.69, 9.17) is 5.73 Å². The Kier molecular flexibility index (Phi) is 3.06. The fraction of sp³-hybridized carbons (Fsp3) is 0. The first kappa shape index (κ1) is 11.1. The first-order valence-corrected chi connectivity index (χ1v) is 5.41. The quantitative estimate of drug-likeness (QED) is 0.390. The molecular formula is C9H7N5O2S. The third-order valence-corrected chi connectivity index (χ3v) is 2.56.